The standard InChI is InChI=1S/C8H8Cl2O2/c1-8(12-2)4-5(9)6(11)3-7(8)10/h3-4H,1-2H3. The Balaban J connectivity index is 3.08. The van der Waals surface area contributed by atoms with E-state index in [4.69, 9.17) is 27.9 Å². The maximum absolute atomic E-state index is 11.0. The molecule has 0 saturated heterocycles. The Morgan fingerprint density at radius 3 is 2.58 bits per heavy atom. The summed E-state index contributed by atoms with van der Waals surface area (Å²) in [5.41, 5.74) is -0.757. The summed E-state index contributed by atoms with van der Waals surface area (Å²) in [7, 11) is 1.51. The first-order chi connectivity index (χ1) is 5.49. The van der Waals surface area contributed by atoms with Crippen LogP contribution in [0.2, 0.25) is 0 Å². The van der Waals surface area contributed by atoms with Gasteiger partial charge in [0, 0.05) is 13.2 Å². The van der Waals surface area contributed by atoms with Crippen molar-refractivity contribution in [2.75, 3.05) is 7.11 Å². The van der Waals surface area contributed by atoms with E-state index in [0.717, 1.165) is 0 Å². The third-order valence-corrected chi connectivity index (χ3v) is 2.57. The zero-order valence-electron chi connectivity index (χ0n) is 6.73. The molecule has 0 aromatic carbocycles. The van der Waals surface area contributed by atoms with Crippen molar-refractivity contribution in [3.8, 4) is 0 Å². The van der Waals surface area contributed by atoms with Gasteiger partial charge < -0.3 is 4.74 Å². The Labute approximate surface area is 80.8 Å². The first-order valence-electron chi connectivity index (χ1n) is 3.35. The molecule has 0 fully saturated rings. The van der Waals surface area contributed by atoms with Crippen molar-refractivity contribution in [1.82, 2.24) is 0 Å². The zero-order chi connectivity index (χ0) is 9.35. The topological polar surface area (TPSA) is 26.3 Å². The van der Waals surface area contributed by atoms with Crippen LogP contribution in [0.5, 0.6) is 0 Å². The molecule has 4 heteroatoms. The quantitative estimate of drug-likeness (QED) is 0.658. The molecule has 0 saturated carbocycles. The highest BCUT2D eigenvalue weighted by Crippen LogP contribution is 2.32. The molecular weight excluding hydrogens is 199 g/mol. The summed E-state index contributed by atoms with van der Waals surface area (Å²) in [5.74, 6) is -0.281. The number of carbonyl (C=O) groups excluding carboxylic acids is 1. The first-order valence-corrected chi connectivity index (χ1v) is 4.11. The number of hydrogen-bond acceptors (Lipinski definition) is 2. The maximum atomic E-state index is 11.0. The minimum Gasteiger partial charge on any atom is -0.369 e. The van der Waals surface area contributed by atoms with Crippen LogP contribution in [-0.2, 0) is 9.53 Å². The van der Waals surface area contributed by atoms with Crippen molar-refractivity contribution < 1.29 is 9.53 Å². The minimum atomic E-state index is -0.757. The average Bonchev–Trinajstić information content (AvgIpc) is 2.01. The summed E-state index contributed by atoms with van der Waals surface area (Å²) in [4.78, 5) is 11.0. The predicted molar refractivity (Wildman–Crippen MR) is 48.3 cm³/mol. The molecule has 0 aromatic heterocycles. The minimum absolute atomic E-state index is 0.142. The smallest absolute Gasteiger partial charge is 0.198 e. The van der Waals surface area contributed by atoms with Gasteiger partial charge in [0.1, 0.15) is 5.60 Å². The van der Waals surface area contributed by atoms with E-state index in [0.29, 0.717) is 5.03 Å². The van der Waals surface area contributed by atoms with Crippen molar-refractivity contribution in [2.45, 2.75) is 12.5 Å². The van der Waals surface area contributed by atoms with Crippen LogP contribution in [0.1, 0.15) is 6.92 Å². The SMILES string of the molecule is COC1(C)C=C(Cl)C(=O)C=C1Cl. The molecule has 0 amide bonds. The van der Waals surface area contributed by atoms with Gasteiger partial charge in [0.15, 0.2) is 5.78 Å². The lowest BCUT2D eigenvalue weighted by molar-refractivity contribution is -0.111. The number of halogens is 2. The van der Waals surface area contributed by atoms with E-state index in [-0.39, 0.29) is 10.8 Å². The van der Waals surface area contributed by atoms with Crippen LogP contribution in [-0.4, -0.2) is 18.5 Å². The molecule has 0 spiro atoms. The predicted octanol–water partition coefficient (Wildman–Crippen LogP) is 2.22. The van der Waals surface area contributed by atoms with E-state index in [2.05, 4.69) is 0 Å². The van der Waals surface area contributed by atoms with E-state index in [1.54, 1.807) is 6.92 Å². The van der Waals surface area contributed by atoms with Gasteiger partial charge in [-0.05, 0) is 13.0 Å². The number of allylic oxidation sites excluding steroid dienone is 2. The fourth-order valence-electron chi connectivity index (χ4n) is 0.866. The van der Waals surface area contributed by atoms with E-state index in [1.807, 2.05) is 0 Å². The van der Waals surface area contributed by atoms with Crippen LogP contribution >= 0.6 is 23.2 Å². The van der Waals surface area contributed by atoms with Gasteiger partial charge in [-0.15, -0.1) is 0 Å². The van der Waals surface area contributed by atoms with Crippen LogP contribution in [0, 0.1) is 0 Å². The number of rotatable bonds is 1. The second-order valence-electron chi connectivity index (χ2n) is 2.66. The lowest BCUT2D eigenvalue weighted by Gasteiger charge is -2.26. The van der Waals surface area contributed by atoms with Gasteiger partial charge in [-0.1, -0.05) is 23.2 Å². The Kier molecular flexibility index (Phi) is 2.61. The molecular formula is C8H8Cl2O2. The van der Waals surface area contributed by atoms with Crippen LogP contribution in [0.3, 0.4) is 0 Å². The summed E-state index contributed by atoms with van der Waals surface area (Å²) in [6.45, 7) is 1.74. The van der Waals surface area contributed by atoms with Crippen molar-refractivity contribution >= 4 is 29.0 Å². The molecule has 0 N–H and O–H groups in total. The van der Waals surface area contributed by atoms with Gasteiger partial charge in [-0.25, -0.2) is 0 Å². The molecule has 1 unspecified atom stereocenters. The highest BCUT2D eigenvalue weighted by Gasteiger charge is 2.31. The maximum Gasteiger partial charge on any atom is 0.198 e. The van der Waals surface area contributed by atoms with Crippen molar-refractivity contribution in [3.05, 3.63) is 22.2 Å². The summed E-state index contributed by atoms with van der Waals surface area (Å²) in [6, 6.07) is 0. The second kappa shape index (κ2) is 3.21. The molecule has 0 aromatic rings. The molecule has 12 heavy (non-hydrogen) atoms. The van der Waals surface area contributed by atoms with Gasteiger partial charge in [-0.2, -0.15) is 0 Å². The number of carbonyl (C=O) groups is 1. The van der Waals surface area contributed by atoms with E-state index >= 15 is 0 Å². The fourth-order valence-corrected chi connectivity index (χ4v) is 1.36. The largest absolute Gasteiger partial charge is 0.369 e. The van der Waals surface area contributed by atoms with Gasteiger partial charge >= 0.3 is 0 Å². The summed E-state index contributed by atoms with van der Waals surface area (Å²) >= 11 is 11.4. The number of hydrogen-bond donors (Lipinski definition) is 0. The van der Waals surface area contributed by atoms with Gasteiger partial charge in [0.05, 0.1) is 10.1 Å². The Morgan fingerprint density at radius 1 is 1.50 bits per heavy atom. The Bertz CT molecular complexity index is 281. The summed E-state index contributed by atoms with van der Waals surface area (Å²) in [6.07, 6.45) is 2.77. The average molecular weight is 207 g/mol. The molecule has 0 aliphatic heterocycles. The van der Waals surface area contributed by atoms with Crippen molar-refractivity contribution in [3.63, 3.8) is 0 Å². The van der Waals surface area contributed by atoms with Crippen molar-refractivity contribution in [2.24, 2.45) is 0 Å². The Hall–Kier alpha value is -0.310. The molecule has 1 aliphatic carbocycles. The highest BCUT2D eigenvalue weighted by atomic mass is 35.5. The third kappa shape index (κ3) is 1.56. The van der Waals surface area contributed by atoms with Crippen LogP contribution < -0.4 is 0 Å². The molecule has 66 valence electrons. The lowest BCUT2D eigenvalue weighted by Crippen LogP contribution is -2.29. The van der Waals surface area contributed by atoms with Crippen LogP contribution in [0.4, 0.5) is 0 Å². The molecule has 2 nitrogen and oxygen atoms in total. The van der Waals surface area contributed by atoms with Crippen LogP contribution in [0.15, 0.2) is 22.2 Å². The number of methoxy groups -OCH3 is 1. The number of ketones is 1. The molecule has 1 aliphatic rings. The molecule has 0 bridgehead atoms. The molecule has 1 rings (SSSR count). The molecule has 0 radical (unpaired) electrons. The van der Waals surface area contributed by atoms with Crippen molar-refractivity contribution in [1.29, 1.82) is 0 Å². The monoisotopic (exact) mass is 206 g/mol. The highest BCUT2D eigenvalue weighted by molar-refractivity contribution is 6.46. The van der Waals surface area contributed by atoms with Gasteiger partial charge in [0.2, 0.25) is 0 Å². The van der Waals surface area contributed by atoms with E-state index in [1.165, 1.54) is 19.3 Å². The normalized spacial score (nSPS) is 29.8. The summed E-state index contributed by atoms with van der Waals surface area (Å²) in [5, 5.41) is 0.489. The second-order valence-corrected chi connectivity index (χ2v) is 3.47. The van der Waals surface area contributed by atoms with Gasteiger partial charge in [-0.3, -0.25) is 4.79 Å². The van der Waals surface area contributed by atoms with Crippen LogP contribution in [0.25, 0.3) is 0 Å². The molecule has 1 atom stereocenters. The zero-order valence-corrected chi connectivity index (χ0v) is 8.24. The fraction of sp³-hybridized carbons (Fsp3) is 0.375. The van der Waals surface area contributed by atoms with E-state index < -0.39 is 5.60 Å². The number of ether oxygens (including phenoxy) is 1. The Morgan fingerprint density at radius 2 is 2.08 bits per heavy atom. The summed E-state index contributed by atoms with van der Waals surface area (Å²) < 4.78 is 5.10. The van der Waals surface area contributed by atoms with E-state index in [9.17, 15) is 4.79 Å². The molecule has 0 heterocycles. The first kappa shape index (κ1) is 9.78. The lowest BCUT2D eigenvalue weighted by atomic mass is 9.99. The third-order valence-electron chi connectivity index (χ3n) is 1.79. The van der Waals surface area contributed by atoms with Gasteiger partial charge in [0.25, 0.3) is 0 Å².